The van der Waals surface area contributed by atoms with Crippen molar-refractivity contribution in [2.45, 2.75) is 23.4 Å². The molecule has 138 valence electrons. The van der Waals surface area contributed by atoms with Crippen LogP contribution in [0.5, 0.6) is 17.2 Å². The molecule has 27 heavy (non-hydrogen) atoms. The van der Waals surface area contributed by atoms with E-state index in [2.05, 4.69) is 0 Å². The van der Waals surface area contributed by atoms with E-state index in [-0.39, 0.29) is 11.5 Å². The van der Waals surface area contributed by atoms with Gasteiger partial charge in [0.05, 0.1) is 17.7 Å². The van der Waals surface area contributed by atoms with Crippen LogP contribution in [0, 0.1) is 0 Å². The van der Waals surface area contributed by atoms with Gasteiger partial charge in [-0.05, 0) is 18.2 Å². The maximum absolute atomic E-state index is 13.1. The number of Topliss-reactive ketones (excluding diaryl/α,β-unsaturated/α-hetero) is 1. The minimum absolute atomic E-state index is 0.170. The first-order valence-electron chi connectivity index (χ1n) is 7.98. The molecule has 0 bridgehead atoms. The van der Waals surface area contributed by atoms with Crippen LogP contribution in [0.3, 0.4) is 0 Å². The lowest BCUT2D eigenvalue weighted by molar-refractivity contribution is -0.168. The Morgan fingerprint density at radius 3 is 2.78 bits per heavy atom. The number of aliphatic hydroxyl groups excluding tert-OH is 1. The molecule has 1 aromatic rings. The molecular formula is C18H12O9. The van der Waals surface area contributed by atoms with Crippen LogP contribution in [0.4, 0.5) is 0 Å². The summed E-state index contributed by atoms with van der Waals surface area (Å²) in [6.45, 7) is 0. The second kappa shape index (κ2) is 4.63. The maximum Gasteiger partial charge on any atom is 0.356 e. The van der Waals surface area contributed by atoms with Gasteiger partial charge in [0.1, 0.15) is 28.6 Å². The van der Waals surface area contributed by atoms with Crippen molar-refractivity contribution in [2.24, 2.45) is 0 Å². The summed E-state index contributed by atoms with van der Waals surface area (Å²) in [7, 11) is 0. The van der Waals surface area contributed by atoms with Crippen molar-refractivity contribution in [1.82, 2.24) is 0 Å². The lowest BCUT2D eigenvalue weighted by atomic mass is 9.70. The van der Waals surface area contributed by atoms with Crippen molar-refractivity contribution in [3.05, 3.63) is 53.5 Å². The van der Waals surface area contributed by atoms with Gasteiger partial charge >= 0.3 is 5.97 Å². The summed E-state index contributed by atoms with van der Waals surface area (Å²) in [6.07, 6.45) is 5.44. The predicted octanol–water partition coefficient (Wildman–Crippen LogP) is 0.879. The molecule has 4 aliphatic rings. The SMILES string of the molecule is O=C(O)C12C=CC=C(O)C1(O)C(=O)c1c(O)cc3c(c1O2)[C@@H]1C=CO[C@@H]1O3. The Balaban J connectivity index is 1.83. The summed E-state index contributed by atoms with van der Waals surface area (Å²) >= 11 is 0. The molecule has 4 N–H and O–H groups in total. The number of ketones is 1. The summed E-state index contributed by atoms with van der Waals surface area (Å²) in [5, 5.41) is 41.3. The quantitative estimate of drug-likeness (QED) is 0.565. The number of hydrogen-bond donors (Lipinski definition) is 4. The average Bonchev–Trinajstić information content (AvgIpc) is 3.18. The first kappa shape index (κ1) is 15.8. The van der Waals surface area contributed by atoms with Gasteiger partial charge in [0, 0.05) is 6.07 Å². The lowest BCUT2D eigenvalue weighted by Crippen LogP contribution is -2.69. The van der Waals surface area contributed by atoms with E-state index in [0.29, 0.717) is 5.56 Å². The van der Waals surface area contributed by atoms with Gasteiger partial charge in [-0.15, -0.1) is 0 Å². The molecule has 1 aliphatic carbocycles. The fourth-order valence-corrected chi connectivity index (χ4v) is 3.93. The molecule has 2 unspecified atom stereocenters. The number of carboxylic acid groups (broad SMARTS) is 1. The average molecular weight is 372 g/mol. The van der Waals surface area contributed by atoms with E-state index in [1.165, 1.54) is 12.3 Å². The van der Waals surface area contributed by atoms with E-state index in [4.69, 9.17) is 14.2 Å². The number of carbonyl (C=O) groups excluding carboxylic acids is 1. The number of aliphatic hydroxyl groups is 2. The normalized spacial score (nSPS) is 34.4. The molecule has 1 aromatic carbocycles. The van der Waals surface area contributed by atoms with Crippen LogP contribution in [0.1, 0.15) is 21.8 Å². The predicted molar refractivity (Wildman–Crippen MR) is 85.6 cm³/mol. The van der Waals surface area contributed by atoms with E-state index in [0.717, 1.165) is 18.2 Å². The Bertz CT molecular complexity index is 1020. The number of carbonyl (C=O) groups is 2. The molecule has 9 nitrogen and oxygen atoms in total. The maximum atomic E-state index is 13.1. The highest BCUT2D eigenvalue weighted by Gasteiger charge is 2.69. The lowest BCUT2D eigenvalue weighted by Gasteiger charge is -2.45. The number of aliphatic carboxylic acids is 1. The van der Waals surface area contributed by atoms with Crippen molar-refractivity contribution >= 4 is 11.8 Å². The largest absolute Gasteiger partial charge is 0.509 e. The summed E-state index contributed by atoms with van der Waals surface area (Å²) in [4.78, 5) is 25.2. The summed E-state index contributed by atoms with van der Waals surface area (Å²) in [5.41, 5.74) is -5.67. The standard InChI is InChI=1S/C18H12O9/c19-8-6-9-11(7-3-5-25-15(7)26-9)13-12(8)14(21)18(24)10(20)2-1-4-17(18,27-13)16(22)23/h1-7,15,19-20,24H,(H,22,23)/t7-,15+,17?,18?/m0/s1. The van der Waals surface area contributed by atoms with Crippen molar-refractivity contribution < 1.29 is 44.2 Å². The van der Waals surface area contributed by atoms with Crippen LogP contribution < -0.4 is 9.47 Å². The van der Waals surface area contributed by atoms with E-state index >= 15 is 0 Å². The topological polar surface area (TPSA) is 143 Å². The third-order valence-corrected chi connectivity index (χ3v) is 5.26. The van der Waals surface area contributed by atoms with Crippen LogP contribution in [0.15, 0.2) is 42.4 Å². The van der Waals surface area contributed by atoms with Gasteiger partial charge < -0.3 is 34.6 Å². The number of carboxylic acids is 1. The molecule has 0 spiro atoms. The van der Waals surface area contributed by atoms with E-state index in [9.17, 15) is 30.0 Å². The molecular weight excluding hydrogens is 360 g/mol. The number of benzene rings is 1. The van der Waals surface area contributed by atoms with E-state index in [1.54, 1.807) is 6.08 Å². The molecule has 0 amide bonds. The highest BCUT2D eigenvalue weighted by atomic mass is 16.7. The zero-order chi connectivity index (χ0) is 19.1. The fourth-order valence-electron chi connectivity index (χ4n) is 3.93. The number of rotatable bonds is 1. The first-order chi connectivity index (χ1) is 12.8. The van der Waals surface area contributed by atoms with Gasteiger partial charge in [0.15, 0.2) is 0 Å². The molecule has 5 rings (SSSR count). The van der Waals surface area contributed by atoms with Gasteiger partial charge in [0.25, 0.3) is 11.9 Å². The zero-order valence-electron chi connectivity index (χ0n) is 13.4. The van der Waals surface area contributed by atoms with Gasteiger partial charge in [-0.25, -0.2) is 4.79 Å². The Kier molecular flexibility index (Phi) is 2.70. The molecule has 0 saturated carbocycles. The third kappa shape index (κ3) is 1.58. The number of hydrogen-bond acceptors (Lipinski definition) is 8. The molecule has 3 aliphatic heterocycles. The number of fused-ring (bicyclic) bond motifs is 6. The molecule has 4 atom stereocenters. The second-order valence-electron chi connectivity index (χ2n) is 6.58. The van der Waals surface area contributed by atoms with Gasteiger partial charge in [-0.1, -0.05) is 6.08 Å². The Morgan fingerprint density at radius 2 is 2.04 bits per heavy atom. The second-order valence-corrected chi connectivity index (χ2v) is 6.58. The molecule has 0 radical (unpaired) electrons. The first-order valence-corrected chi connectivity index (χ1v) is 7.98. The highest BCUT2D eigenvalue weighted by Crippen LogP contribution is 2.56. The molecule has 9 heteroatoms. The number of phenolic OH excluding ortho intramolecular Hbond substituents is 1. The number of aromatic hydroxyl groups is 1. The van der Waals surface area contributed by atoms with Crippen LogP contribution in [-0.2, 0) is 9.53 Å². The van der Waals surface area contributed by atoms with Crippen LogP contribution in [0.2, 0.25) is 0 Å². The van der Waals surface area contributed by atoms with Crippen LogP contribution in [0.25, 0.3) is 0 Å². The summed E-state index contributed by atoms with van der Waals surface area (Å²) < 4.78 is 16.5. The van der Waals surface area contributed by atoms with Gasteiger partial charge in [-0.2, -0.15) is 0 Å². The number of allylic oxidation sites excluding steroid dienone is 2. The van der Waals surface area contributed by atoms with Crippen LogP contribution >= 0.6 is 0 Å². The molecule has 3 heterocycles. The van der Waals surface area contributed by atoms with Crippen LogP contribution in [-0.4, -0.2) is 49.7 Å². The third-order valence-electron chi connectivity index (χ3n) is 5.26. The number of phenols is 1. The summed E-state index contributed by atoms with van der Waals surface area (Å²) in [5.74, 6) is -4.92. The Morgan fingerprint density at radius 1 is 1.26 bits per heavy atom. The van der Waals surface area contributed by atoms with E-state index in [1.807, 2.05) is 0 Å². The molecule has 0 saturated heterocycles. The Hall–Kier alpha value is -3.46. The smallest absolute Gasteiger partial charge is 0.356 e. The number of ether oxygens (including phenoxy) is 3. The van der Waals surface area contributed by atoms with E-state index < -0.39 is 52.2 Å². The minimum Gasteiger partial charge on any atom is -0.509 e. The van der Waals surface area contributed by atoms with Crippen molar-refractivity contribution in [2.75, 3.05) is 0 Å². The minimum atomic E-state index is -2.94. The van der Waals surface area contributed by atoms with Crippen molar-refractivity contribution in [3.63, 3.8) is 0 Å². The molecule has 0 aromatic heterocycles. The van der Waals surface area contributed by atoms with Gasteiger partial charge in [-0.3, -0.25) is 4.79 Å². The zero-order valence-corrected chi connectivity index (χ0v) is 13.4. The monoisotopic (exact) mass is 372 g/mol. The molecule has 0 fully saturated rings. The fraction of sp³-hybridized carbons (Fsp3) is 0.222. The highest BCUT2D eigenvalue weighted by molar-refractivity contribution is 6.15. The summed E-state index contributed by atoms with van der Waals surface area (Å²) in [6, 6.07) is 1.17. The Labute approximate surface area is 151 Å². The van der Waals surface area contributed by atoms with Gasteiger partial charge in [0.2, 0.25) is 11.4 Å². The van der Waals surface area contributed by atoms with Crippen molar-refractivity contribution in [1.29, 1.82) is 0 Å². The van der Waals surface area contributed by atoms with Crippen molar-refractivity contribution in [3.8, 4) is 17.2 Å².